The number of aliphatic imine (C=N–C) groups is 1. The molecule has 0 radical (unpaired) electrons. The van der Waals surface area contributed by atoms with Gasteiger partial charge in [0.05, 0.1) is 11.4 Å². The smallest absolute Gasteiger partial charge is 0.222 e. The van der Waals surface area contributed by atoms with Crippen LogP contribution >= 0.6 is 0 Å². The highest BCUT2D eigenvalue weighted by atomic mass is 16.1. The van der Waals surface area contributed by atoms with Crippen molar-refractivity contribution in [3.05, 3.63) is 113 Å². The summed E-state index contributed by atoms with van der Waals surface area (Å²) in [5.74, 6) is 0.0633. The van der Waals surface area contributed by atoms with Crippen LogP contribution in [0.25, 0.3) is 5.70 Å². The van der Waals surface area contributed by atoms with Gasteiger partial charge in [-0.15, -0.1) is 0 Å². The predicted octanol–water partition coefficient (Wildman–Crippen LogP) is 5.40. The van der Waals surface area contributed by atoms with E-state index in [0.29, 0.717) is 6.42 Å². The van der Waals surface area contributed by atoms with Gasteiger partial charge in [0.15, 0.2) is 0 Å². The molecule has 0 saturated heterocycles. The van der Waals surface area contributed by atoms with Crippen molar-refractivity contribution in [2.75, 3.05) is 7.05 Å². The van der Waals surface area contributed by atoms with Crippen LogP contribution in [0.4, 0.5) is 0 Å². The molecule has 4 nitrogen and oxygen atoms in total. The van der Waals surface area contributed by atoms with Crippen LogP contribution < -0.4 is 5.32 Å². The highest BCUT2D eigenvalue weighted by molar-refractivity contribution is 5.99. The molecule has 3 aromatic carbocycles. The summed E-state index contributed by atoms with van der Waals surface area (Å²) in [5, 5.41) is 3.30. The third-order valence-corrected chi connectivity index (χ3v) is 6.85. The van der Waals surface area contributed by atoms with E-state index in [1.807, 2.05) is 24.3 Å². The molecule has 1 amide bonds. The molecular formula is C30H31N3O. The van der Waals surface area contributed by atoms with Gasteiger partial charge in [-0.2, -0.15) is 0 Å². The summed E-state index contributed by atoms with van der Waals surface area (Å²) < 4.78 is 0. The number of hydrogen-bond acceptors (Lipinski definition) is 3. The summed E-state index contributed by atoms with van der Waals surface area (Å²) in [5.41, 5.74) is 8.35. The van der Waals surface area contributed by atoms with Gasteiger partial charge in [-0.25, -0.2) is 0 Å². The topological polar surface area (TPSA) is 44.7 Å². The lowest BCUT2D eigenvalue weighted by molar-refractivity contribution is -0.122. The zero-order chi connectivity index (χ0) is 23.3. The minimum atomic E-state index is -0.212. The first-order valence-electron chi connectivity index (χ1n) is 12.2. The lowest BCUT2D eigenvalue weighted by Crippen LogP contribution is -2.53. The number of fused-ring (bicyclic) bond motifs is 2. The maximum atomic E-state index is 13.0. The fourth-order valence-electron chi connectivity index (χ4n) is 4.97. The van der Waals surface area contributed by atoms with E-state index < -0.39 is 0 Å². The zero-order valence-electron chi connectivity index (χ0n) is 19.7. The van der Waals surface area contributed by atoms with E-state index in [4.69, 9.17) is 4.99 Å². The molecule has 0 aromatic heterocycles. The third kappa shape index (κ3) is 4.81. The Labute approximate surface area is 202 Å². The van der Waals surface area contributed by atoms with Crippen LogP contribution in [-0.4, -0.2) is 29.7 Å². The van der Waals surface area contributed by atoms with Gasteiger partial charge in [0.1, 0.15) is 6.17 Å². The molecule has 1 aliphatic heterocycles. The first-order chi connectivity index (χ1) is 16.7. The van der Waals surface area contributed by atoms with E-state index in [1.54, 1.807) is 0 Å². The van der Waals surface area contributed by atoms with E-state index in [-0.39, 0.29) is 12.1 Å². The Bertz CT molecular complexity index is 1210. The molecular weight excluding hydrogens is 418 g/mol. The molecule has 172 valence electrons. The fourth-order valence-corrected chi connectivity index (χ4v) is 4.97. The average Bonchev–Trinajstić information content (AvgIpc) is 2.89. The molecule has 0 fully saturated rings. The van der Waals surface area contributed by atoms with Crippen molar-refractivity contribution in [1.29, 1.82) is 0 Å². The van der Waals surface area contributed by atoms with Crippen LogP contribution in [0.1, 0.15) is 41.5 Å². The molecule has 0 saturated carbocycles. The molecule has 4 heteroatoms. The van der Waals surface area contributed by atoms with Crippen LogP contribution in [0.3, 0.4) is 0 Å². The molecule has 1 aliphatic carbocycles. The summed E-state index contributed by atoms with van der Waals surface area (Å²) in [6, 6.07) is 29.3. The van der Waals surface area contributed by atoms with Crippen LogP contribution in [0.2, 0.25) is 0 Å². The average molecular weight is 450 g/mol. The van der Waals surface area contributed by atoms with Crippen molar-refractivity contribution in [2.24, 2.45) is 4.99 Å². The number of amides is 1. The number of benzene rings is 3. The predicted molar refractivity (Wildman–Crippen MR) is 138 cm³/mol. The molecule has 0 spiro atoms. The van der Waals surface area contributed by atoms with Crippen molar-refractivity contribution >= 4 is 17.3 Å². The van der Waals surface area contributed by atoms with Crippen LogP contribution in [0.5, 0.6) is 0 Å². The monoisotopic (exact) mass is 449 g/mol. The number of allylic oxidation sites excluding steroid dienone is 1. The molecule has 1 unspecified atom stereocenters. The Morgan fingerprint density at radius 3 is 2.24 bits per heavy atom. The van der Waals surface area contributed by atoms with E-state index in [0.717, 1.165) is 43.5 Å². The number of carbonyl (C=O) groups excluding carboxylic acids is 1. The third-order valence-electron chi connectivity index (χ3n) is 6.85. The number of carbonyl (C=O) groups is 1. The molecule has 2 aliphatic rings. The van der Waals surface area contributed by atoms with Gasteiger partial charge in [-0.05, 0) is 48.8 Å². The summed E-state index contributed by atoms with van der Waals surface area (Å²) in [7, 11) is 2.10. The van der Waals surface area contributed by atoms with Gasteiger partial charge in [0.2, 0.25) is 5.91 Å². The van der Waals surface area contributed by atoms with E-state index in [9.17, 15) is 4.79 Å². The maximum Gasteiger partial charge on any atom is 0.222 e. The minimum Gasteiger partial charge on any atom is -0.351 e. The first kappa shape index (κ1) is 22.1. The number of hydrogen-bond donors (Lipinski definition) is 1. The second-order valence-corrected chi connectivity index (χ2v) is 9.11. The Morgan fingerprint density at radius 1 is 0.853 bits per heavy atom. The van der Waals surface area contributed by atoms with E-state index in [1.165, 1.54) is 28.0 Å². The van der Waals surface area contributed by atoms with Gasteiger partial charge < -0.3 is 10.2 Å². The van der Waals surface area contributed by atoms with E-state index >= 15 is 0 Å². The fraction of sp³-hybridized carbons (Fsp3) is 0.267. The normalized spacial score (nSPS) is 17.0. The molecule has 5 rings (SSSR count). The summed E-state index contributed by atoms with van der Waals surface area (Å²) >= 11 is 0. The van der Waals surface area contributed by atoms with Gasteiger partial charge in [-0.3, -0.25) is 9.79 Å². The lowest BCUT2D eigenvalue weighted by Gasteiger charge is -2.40. The Balaban J connectivity index is 1.38. The molecule has 1 atom stereocenters. The van der Waals surface area contributed by atoms with Crippen molar-refractivity contribution < 1.29 is 4.79 Å². The molecule has 1 N–H and O–H groups in total. The Hall–Kier alpha value is -3.66. The SMILES string of the molecule is CN1C2=C(N=C(CCc3ccccc3)C1NC(=O)CCc1ccccc1)c1ccccc1CC2. The molecule has 1 heterocycles. The van der Waals surface area contributed by atoms with Crippen LogP contribution in [0, 0.1) is 0 Å². The lowest BCUT2D eigenvalue weighted by atomic mass is 9.90. The molecule has 3 aromatic rings. The second-order valence-electron chi connectivity index (χ2n) is 9.11. The Kier molecular flexibility index (Phi) is 6.57. The summed E-state index contributed by atoms with van der Waals surface area (Å²) in [4.78, 5) is 20.5. The molecule has 0 bridgehead atoms. The van der Waals surface area contributed by atoms with Crippen molar-refractivity contribution in [2.45, 2.75) is 44.7 Å². The van der Waals surface area contributed by atoms with Crippen molar-refractivity contribution in [1.82, 2.24) is 10.2 Å². The molecule has 34 heavy (non-hydrogen) atoms. The number of aryl methyl sites for hydroxylation is 3. The zero-order valence-corrected chi connectivity index (χ0v) is 19.7. The summed E-state index contributed by atoms with van der Waals surface area (Å²) in [6.45, 7) is 0. The minimum absolute atomic E-state index is 0.0633. The van der Waals surface area contributed by atoms with Crippen LogP contribution in [-0.2, 0) is 24.1 Å². The van der Waals surface area contributed by atoms with Crippen molar-refractivity contribution in [3.63, 3.8) is 0 Å². The highest BCUT2D eigenvalue weighted by Crippen LogP contribution is 2.37. The van der Waals surface area contributed by atoms with Gasteiger partial charge >= 0.3 is 0 Å². The van der Waals surface area contributed by atoms with E-state index in [2.05, 4.69) is 77.9 Å². The van der Waals surface area contributed by atoms with Gasteiger partial charge in [0.25, 0.3) is 0 Å². The number of nitrogens with zero attached hydrogens (tertiary/aromatic N) is 2. The largest absolute Gasteiger partial charge is 0.351 e. The van der Waals surface area contributed by atoms with Crippen LogP contribution in [0.15, 0.2) is 95.6 Å². The first-order valence-corrected chi connectivity index (χ1v) is 12.2. The Morgan fingerprint density at radius 2 is 1.50 bits per heavy atom. The second kappa shape index (κ2) is 10.1. The summed E-state index contributed by atoms with van der Waals surface area (Å²) in [6.07, 6.45) is 4.63. The van der Waals surface area contributed by atoms with Crippen molar-refractivity contribution in [3.8, 4) is 0 Å². The standard InChI is InChI=1S/C30H31N3O/c1-33-27-20-18-24-14-8-9-15-25(24)29(27)31-26(19-16-22-10-4-2-5-11-22)30(33)32-28(34)21-17-23-12-6-3-7-13-23/h2-15,30H,16-21H2,1H3,(H,32,34). The van der Waals surface area contributed by atoms with Gasteiger partial charge in [0, 0.05) is 24.7 Å². The van der Waals surface area contributed by atoms with Gasteiger partial charge in [-0.1, -0.05) is 84.9 Å². The maximum absolute atomic E-state index is 13.0. The number of rotatable bonds is 7. The quantitative estimate of drug-likeness (QED) is 0.525. The number of nitrogens with one attached hydrogen (secondary N) is 1. The highest BCUT2D eigenvalue weighted by Gasteiger charge is 2.33.